The van der Waals surface area contributed by atoms with E-state index in [1.807, 2.05) is 18.2 Å². The van der Waals surface area contributed by atoms with Crippen LogP contribution in [-0.4, -0.2) is 55.3 Å². The molecule has 0 bridgehead atoms. The topological polar surface area (TPSA) is 59.9 Å². The van der Waals surface area contributed by atoms with Gasteiger partial charge in [0.05, 0.1) is 6.61 Å². The van der Waals surface area contributed by atoms with E-state index in [2.05, 4.69) is 63.8 Å². The molecule has 5 nitrogen and oxygen atoms in total. The molecule has 0 saturated heterocycles. The van der Waals surface area contributed by atoms with Gasteiger partial charge in [-0.15, -0.1) is 0 Å². The van der Waals surface area contributed by atoms with Gasteiger partial charge in [0, 0.05) is 45.2 Å². The predicted molar refractivity (Wildman–Crippen MR) is 120 cm³/mol. The van der Waals surface area contributed by atoms with Crippen LogP contribution in [0.25, 0.3) is 0 Å². The van der Waals surface area contributed by atoms with Crippen molar-refractivity contribution in [1.82, 2.24) is 15.5 Å². The number of guanidine groups is 1. The normalized spacial score (nSPS) is 16.7. The molecule has 2 unspecified atom stereocenters. The molecule has 0 aromatic heterocycles. The molecule has 3 rings (SSSR count). The Morgan fingerprint density at radius 1 is 1.03 bits per heavy atom. The molecule has 2 aromatic carbocycles. The number of hydrogen-bond donors (Lipinski definition) is 3. The molecule has 0 aliphatic carbocycles. The highest BCUT2D eigenvalue weighted by molar-refractivity contribution is 5.79. The van der Waals surface area contributed by atoms with Gasteiger partial charge >= 0.3 is 0 Å². The third-order valence-corrected chi connectivity index (χ3v) is 5.88. The average molecular weight is 395 g/mol. The quantitative estimate of drug-likeness (QED) is 0.476. The van der Waals surface area contributed by atoms with Gasteiger partial charge < -0.3 is 15.7 Å². The van der Waals surface area contributed by atoms with E-state index >= 15 is 0 Å². The molecule has 0 spiro atoms. The van der Waals surface area contributed by atoms with Crippen LogP contribution in [0.2, 0.25) is 0 Å². The number of nitrogens with zero attached hydrogens (tertiary/aromatic N) is 2. The summed E-state index contributed by atoms with van der Waals surface area (Å²) in [4.78, 5) is 6.94. The van der Waals surface area contributed by atoms with E-state index in [0.29, 0.717) is 12.6 Å². The molecule has 0 saturated carbocycles. The van der Waals surface area contributed by atoms with E-state index in [-0.39, 0.29) is 12.5 Å². The zero-order valence-corrected chi connectivity index (χ0v) is 17.6. The number of rotatable bonds is 8. The number of hydrogen-bond acceptors (Lipinski definition) is 3. The molecule has 29 heavy (non-hydrogen) atoms. The van der Waals surface area contributed by atoms with Gasteiger partial charge in [0.15, 0.2) is 5.96 Å². The molecule has 0 radical (unpaired) electrons. The van der Waals surface area contributed by atoms with Crippen LogP contribution < -0.4 is 10.6 Å². The highest BCUT2D eigenvalue weighted by atomic mass is 16.3. The molecule has 1 heterocycles. The van der Waals surface area contributed by atoms with Crippen molar-refractivity contribution in [3.63, 3.8) is 0 Å². The fraction of sp³-hybridized carbons (Fsp3) is 0.458. The summed E-state index contributed by atoms with van der Waals surface area (Å²) in [5.74, 6) is 0.838. The van der Waals surface area contributed by atoms with Crippen molar-refractivity contribution in [1.29, 1.82) is 0 Å². The summed E-state index contributed by atoms with van der Waals surface area (Å²) in [7, 11) is 1.80. The third-order valence-electron chi connectivity index (χ3n) is 5.88. The van der Waals surface area contributed by atoms with Crippen LogP contribution in [0.15, 0.2) is 59.6 Å². The first-order valence-electron chi connectivity index (χ1n) is 10.7. The minimum absolute atomic E-state index is 0.0512. The fourth-order valence-corrected chi connectivity index (χ4v) is 4.03. The summed E-state index contributed by atoms with van der Waals surface area (Å²) in [6.45, 7) is 5.98. The van der Waals surface area contributed by atoms with Gasteiger partial charge in [-0.25, -0.2) is 0 Å². The van der Waals surface area contributed by atoms with Crippen molar-refractivity contribution in [2.24, 2.45) is 4.99 Å². The van der Waals surface area contributed by atoms with Crippen molar-refractivity contribution in [3.8, 4) is 0 Å². The van der Waals surface area contributed by atoms with Crippen LogP contribution in [-0.2, 0) is 13.0 Å². The number of aliphatic hydroxyl groups excluding tert-OH is 1. The van der Waals surface area contributed by atoms with Crippen molar-refractivity contribution in [2.75, 3.05) is 33.3 Å². The lowest BCUT2D eigenvalue weighted by Gasteiger charge is -2.35. The Balaban J connectivity index is 1.51. The molecular weight excluding hydrogens is 360 g/mol. The van der Waals surface area contributed by atoms with Crippen molar-refractivity contribution in [2.45, 2.75) is 38.3 Å². The minimum atomic E-state index is 0.0512. The van der Waals surface area contributed by atoms with Gasteiger partial charge in [0.25, 0.3) is 0 Å². The molecule has 2 atom stereocenters. The molecule has 0 amide bonds. The monoisotopic (exact) mass is 394 g/mol. The summed E-state index contributed by atoms with van der Waals surface area (Å²) in [6.07, 6.45) is 2.21. The summed E-state index contributed by atoms with van der Waals surface area (Å²) >= 11 is 0. The third kappa shape index (κ3) is 5.81. The number of aliphatic hydroxyl groups is 1. The van der Waals surface area contributed by atoms with Gasteiger partial charge in [-0.05, 0) is 29.5 Å². The van der Waals surface area contributed by atoms with Gasteiger partial charge in [-0.2, -0.15) is 0 Å². The average Bonchev–Trinajstić information content (AvgIpc) is 2.79. The van der Waals surface area contributed by atoms with Gasteiger partial charge in [0.2, 0.25) is 0 Å². The number of fused-ring (bicyclic) bond motifs is 1. The summed E-state index contributed by atoms with van der Waals surface area (Å²) in [6, 6.07) is 19.4. The second-order valence-corrected chi connectivity index (χ2v) is 7.68. The number of benzene rings is 2. The summed E-state index contributed by atoms with van der Waals surface area (Å²) in [5, 5.41) is 16.6. The van der Waals surface area contributed by atoms with E-state index in [1.165, 1.54) is 11.1 Å². The second-order valence-electron chi connectivity index (χ2n) is 7.68. The fourth-order valence-electron chi connectivity index (χ4n) is 4.03. The first-order valence-corrected chi connectivity index (χ1v) is 10.7. The highest BCUT2D eigenvalue weighted by Crippen LogP contribution is 2.21. The standard InChI is InChI=1S/C24H34N4O/c1-3-23(28-14-13-20-11-7-8-12-21(20)17-28)16-27-24(25-2)26-15-22(18-29)19-9-5-4-6-10-19/h4-12,22-23,29H,3,13-18H2,1-2H3,(H2,25,26,27). The molecule has 5 heteroatoms. The number of aliphatic imine (C=N–C) groups is 1. The summed E-state index contributed by atoms with van der Waals surface area (Å²) < 4.78 is 0. The zero-order chi connectivity index (χ0) is 20.5. The molecular formula is C24H34N4O. The Labute approximate surface area is 174 Å². The van der Waals surface area contributed by atoms with E-state index in [4.69, 9.17) is 0 Å². The van der Waals surface area contributed by atoms with Crippen molar-refractivity contribution >= 4 is 5.96 Å². The molecule has 2 aromatic rings. The Bertz CT molecular complexity index is 777. The molecule has 0 fully saturated rings. The summed E-state index contributed by atoms with van der Waals surface area (Å²) in [5.41, 5.74) is 4.07. The maximum atomic E-state index is 9.76. The largest absolute Gasteiger partial charge is 0.396 e. The van der Waals surface area contributed by atoms with Crippen LogP contribution in [0.5, 0.6) is 0 Å². The van der Waals surface area contributed by atoms with Crippen molar-refractivity contribution in [3.05, 3.63) is 71.3 Å². The lowest BCUT2D eigenvalue weighted by atomic mass is 9.98. The van der Waals surface area contributed by atoms with E-state index in [9.17, 15) is 5.11 Å². The number of nitrogens with one attached hydrogen (secondary N) is 2. The maximum Gasteiger partial charge on any atom is 0.191 e. The Morgan fingerprint density at radius 3 is 2.41 bits per heavy atom. The maximum absolute atomic E-state index is 9.76. The van der Waals surface area contributed by atoms with Crippen LogP contribution in [0.1, 0.15) is 36.0 Å². The Morgan fingerprint density at radius 2 is 1.72 bits per heavy atom. The van der Waals surface area contributed by atoms with Gasteiger partial charge in [-0.1, -0.05) is 61.5 Å². The predicted octanol–water partition coefficient (Wildman–Crippen LogP) is 2.76. The SMILES string of the molecule is CCC(CNC(=NC)NCC(CO)c1ccccc1)N1CCc2ccccc2C1. The Kier molecular flexibility index (Phi) is 8.08. The smallest absolute Gasteiger partial charge is 0.191 e. The first-order chi connectivity index (χ1) is 14.2. The van der Waals surface area contributed by atoms with Crippen LogP contribution in [0.3, 0.4) is 0 Å². The van der Waals surface area contributed by atoms with Crippen LogP contribution >= 0.6 is 0 Å². The van der Waals surface area contributed by atoms with Gasteiger partial charge in [-0.3, -0.25) is 9.89 Å². The van der Waals surface area contributed by atoms with E-state index in [0.717, 1.165) is 44.0 Å². The molecule has 1 aliphatic heterocycles. The lowest BCUT2D eigenvalue weighted by molar-refractivity contribution is 0.174. The van der Waals surface area contributed by atoms with E-state index < -0.39 is 0 Å². The second kappa shape index (κ2) is 11.0. The molecule has 156 valence electrons. The minimum Gasteiger partial charge on any atom is -0.396 e. The van der Waals surface area contributed by atoms with Crippen LogP contribution in [0.4, 0.5) is 0 Å². The Hall–Kier alpha value is -2.37. The highest BCUT2D eigenvalue weighted by Gasteiger charge is 2.22. The van der Waals surface area contributed by atoms with Crippen LogP contribution in [0, 0.1) is 0 Å². The lowest BCUT2D eigenvalue weighted by Crippen LogP contribution is -2.48. The van der Waals surface area contributed by atoms with Gasteiger partial charge in [0.1, 0.15) is 0 Å². The molecule has 1 aliphatic rings. The van der Waals surface area contributed by atoms with E-state index in [1.54, 1.807) is 7.05 Å². The van der Waals surface area contributed by atoms with Crippen molar-refractivity contribution < 1.29 is 5.11 Å². The first kappa shape index (κ1) is 21.3. The zero-order valence-electron chi connectivity index (χ0n) is 17.6. The molecule has 3 N–H and O–H groups in total.